The van der Waals surface area contributed by atoms with Gasteiger partial charge in [-0.15, -0.1) is 5.10 Å². The van der Waals surface area contributed by atoms with E-state index in [4.69, 9.17) is 5.11 Å². The van der Waals surface area contributed by atoms with Crippen molar-refractivity contribution in [2.45, 2.75) is 32.1 Å². The van der Waals surface area contributed by atoms with Gasteiger partial charge in [-0.25, -0.2) is 4.98 Å². The summed E-state index contributed by atoms with van der Waals surface area (Å²) in [4.78, 5) is 22.0. The van der Waals surface area contributed by atoms with Crippen molar-refractivity contribution >= 4 is 17.7 Å². The van der Waals surface area contributed by atoms with Gasteiger partial charge >= 0.3 is 5.97 Å². The molecule has 1 N–H and O–H groups in total. The Morgan fingerprint density at radius 1 is 1.29 bits per heavy atom. The van der Waals surface area contributed by atoms with Crippen LogP contribution in [0.5, 0.6) is 0 Å². The van der Waals surface area contributed by atoms with Crippen molar-refractivity contribution in [1.29, 1.82) is 0 Å². The van der Waals surface area contributed by atoms with Crippen LogP contribution < -0.4 is 4.90 Å². The highest BCUT2D eigenvalue weighted by molar-refractivity contribution is 5.70. The summed E-state index contributed by atoms with van der Waals surface area (Å²) in [5.41, 5.74) is 2.49. The molecule has 0 unspecified atom stereocenters. The lowest BCUT2D eigenvalue weighted by molar-refractivity contribution is -0.142. The van der Waals surface area contributed by atoms with Crippen LogP contribution in [0, 0.1) is 5.92 Å². The molecule has 1 aliphatic heterocycles. The number of aromatic nitrogens is 4. The fraction of sp³-hybridized carbons (Fsp3) is 0.571. The normalized spacial score (nSPS) is 19.1. The molecule has 7 nitrogen and oxygen atoms in total. The van der Waals surface area contributed by atoms with E-state index in [0.717, 1.165) is 19.3 Å². The number of nitrogens with zero attached hydrogens (tertiary/aromatic N) is 5. The van der Waals surface area contributed by atoms with Crippen molar-refractivity contribution < 1.29 is 9.90 Å². The number of carbonyl (C=O) groups is 1. The van der Waals surface area contributed by atoms with Gasteiger partial charge < -0.3 is 10.0 Å². The smallest absolute Gasteiger partial charge is 0.306 e. The van der Waals surface area contributed by atoms with Crippen LogP contribution in [-0.2, 0) is 17.6 Å². The Morgan fingerprint density at radius 2 is 2.10 bits per heavy atom. The fourth-order valence-corrected chi connectivity index (χ4v) is 3.29. The number of hydrogen-bond donors (Lipinski definition) is 1. The van der Waals surface area contributed by atoms with E-state index in [1.165, 1.54) is 11.3 Å². The minimum Gasteiger partial charge on any atom is -0.481 e. The Morgan fingerprint density at radius 3 is 2.86 bits per heavy atom. The molecule has 110 valence electrons. The highest BCUT2D eigenvalue weighted by Gasteiger charge is 2.27. The molecule has 4 rings (SSSR count). The van der Waals surface area contributed by atoms with Crippen LogP contribution in [0.2, 0.25) is 0 Å². The summed E-state index contributed by atoms with van der Waals surface area (Å²) in [5.74, 6) is 0.385. The molecule has 0 aromatic carbocycles. The van der Waals surface area contributed by atoms with Gasteiger partial charge in [0.05, 0.1) is 11.6 Å². The maximum Gasteiger partial charge on any atom is 0.306 e. The first-order valence-electron chi connectivity index (χ1n) is 7.43. The summed E-state index contributed by atoms with van der Waals surface area (Å²) in [6.45, 7) is 1.38. The summed E-state index contributed by atoms with van der Waals surface area (Å²) >= 11 is 0. The summed E-state index contributed by atoms with van der Waals surface area (Å²) in [5, 5.41) is 13.7. The van der Waals surface area contributed by atoms with Crippen LogP contribution in [0.15, 0.2) is 6.20 Å². The average molecular weight is 287 g/mol. The summed E-state index contributed by atoms with van der Waals surface area (Å²) in [6.07, 6.45) is 6.45. The van der Waals surface area contributed by atoms with Crippen LogP contribution in [0.1, 0.15) is 30.5 Å². The summed E-state index contributed by atoms with van der Waals surface area (Å²) < 4.78 is 1.86. The molecule has 3 heterocycles. The van der Waals surface area contributed by atoms with Gasteiger partial charge in [-0.1, -0.05) is 0 Å². The molecule has 7 heteroatoms. The van der Waals surface area contributed by atoms with Crippen LogP contribution in [-0.4, -0.2) is 43.7 Å². The molecule has 2 aromatic heterocycles. The SMILES string of the molecule is O=C(O)C1CCN(c2nc3ncc4c(n3n2)CCC4)CC1. The predicted molar refractivity (Wildman–Crippen MR) is 75.4 cm³/mol. The van der Waals surface area contributed by atoms with Gasteiger partial charge in [0.15, 0.2) is 0 Å². The second kappa shape index (κ2) is 4.68. The van der Waals surface area contributed by atoms with E-state index < -0.39 is 5.97 Å². The van der Waals surface area contributed by atoms with Crippen LogP contribution in [0.25, 0.3) is 5.78 Å². The third-order valence-electron chi connectivity index (χ3n) is 4.53. The predicted octanol–water partition coefficient (Wildman–Crippen LogP) is 0.914. The first-order chi connectivity index (χ1) is 10.2. The number of fused-ring (bicyclic) bond motifs is 3. The molecule has 0 spiro atoms. The van der Waals surface area contributed by atoms with Gasteiger partial charge in [0.1, 0.15) is 0 Å². The molecule has 1 fully saturated rings. The standard InChI is InChI=1S/C14H17N5O2/c20-12(21)9-4-6-18(7-5-9)14-16-13-15-8-10-2-1-3-11(10)19(13)17-14/h8-9H,1-7H2,(H,20,21). The topological polar surface area (TPSA) is 83.6 Å². The Hall–Kier alpha value is -2.18. The molecule has 21 heavy (non-hydrogen) atoms. The molecule has 1 aliphatic carbocycles. The van der Waals surface area contributed by atoms with Crippen molar-refractivity contribution in [2.75, 3.05) is 18.0 Å². The van der Waals surface area contributed by atoms with E-state index in [9.17, 15) is 4.79 Å². The van der Waals surface area contributed by atoms with Gasteiger partial charge in [-0.3, -0.25) is 4.79 Å². The molecule has 0 atom stereocenters. The van der Waals surface area contributed by atoms with Crippen molar-refractivity contribution in [3.05, 3.63) is 17.5 Å². The summed E-state index contributed by atoms with van der Waals surface area (Å²) in [6, 6.07) is 0. The Bertz CT molecular complexity index is 703. The number of hydrogen-bond acceptors (Lipinski definition) is 5. The second-order valence-electron chi connectivity index (χ2n) is 5.81. The minimum atomic E-state index is -0.697. The van der Waals surface area contributed by atoms with Crippen molar-refractivity contribution in [3.8, 4) is 0 Å². The van der Waals surface area contributed by atoms with Gasteiger partial charge in [0.2, 0.25) is 5.95 Å². The Balaban J connectivity index is 1.62. The zero-order chi connectivity index (χ0) is 14.4. The Kier molecular flexibility index (Phi) is 2.80. The molecule has 2 aliphatic rings. The van der Waals surface area contributed by atoms with Crippen LogP contribution in [0.3, 0.4) is 0 Å². The van der Waals surface area contributed by atoms with Crippen molar-refractivity contribution in [1.82, 2.24) is 19.6 Å². The van der Waals surface area contributed by atoms with E-state index in [0.29, 0.717) is 37.7 Å². The zero-order valence-electron chi connectivity index (χ0n) is 11.7. The molecule has 0 radical (unpaired) electrons. The first-order valence-corrected chi connectivity index (χ1v) is 7.43. The van der Waals surface area contributed by atoms with Gasteiger partial charge in [0, 0.05) is 19.3 Å². The van der Waals surface area contributed by atoms with E-state index in [1.54, 1.807) is 0 Å². The fourth-order valence-electron chi connectivity index (χ4n) is 3.29. The van der Waals surface area contributed by atoms with Crippen molar-refractivity contribution in [2.24, 2.45) is 5.92 Å². The van der Waals surface area contributed by atoms with Crippen molar-refractivity contribution in [3.63, 3.8) is 0 Å². The molecule has 0 amide bonds. The lowest BCUT2D eigenvalue weighted by Gasteiger charge is -2.28. The number of carboxylic acid groups (broad SMARTS) is 1. The highest BCUT2D eigenvalue weighted by atomic mass is 16.4. The monoisotopic (exact) mass is 287 g/mol. The number of piperidine rings is 1. The second-order valence-corrected chi connectivity index (χ2v) is 5.81. The Labute approximate surface area is 121 Å². The largest absolute Gasteiger partial charge is 0.481 e. The van der Waals surface area contributed by atoms with Crippen LogP contribution >= 0.6 is 0 Å². The highest BCUT2D eigenvalue weighted by Crippen LogP contribution is 2.24. The van der Waals surface area contributed by atoms with E-state index in [2.05, 4.69) is 20.0 Å². The molecule has 2 aromatic rings. The lowest BCUT2D eigenvalue weighted by atomic mass is 9.97. The van der Waals surface area contributed by atoms with Gasteiger partial charge in [0.25, 0.3) is 5.78 Å². The molecule has 0 bridgehead atoms. The minimum absolute atomic E-state index is 0.236. The van der Waals surface area contributed by atoms with E-state index in [-0.39, 0.29) is 5.92 Å². The van der Waals surface area contributed by atoms with E-state index in [1.807, 2.05) is 10.7 Å². The number of aliphatic carboxylic acids is 1. The number of carboxylic acids is 1. The van der Waals surface area contributed by atoms with E-state index >= 15 is 0 Å². The summed E-state index contributed by atoms with van der Waals surface area (Å²) in [7, 11) is 0. The molecule has 1 saturated heterocycles. The van der Waals surface area contributed by atoms with Gasteiger partial charge in [-0.2, -0.15) is 9.50 Å². The van der Waals surface area contributed by atoms with Gasteiger partial charge in [-0.05, 0) is 37.7 Å². The number of rotatable bonds is 2. The molecular weight excluding hydrogens is 270 g/mol. The number of anilines is 1. The maximum atomic E-state index is 11.0. The average Bonchev–Trinajstić information content (AvgIpc) is 3.12. The van der Waals surface area contributed by atoms with Crippen LogP contribution in [0.4, 0.5) is 5.95 Å². The lowest BCUT2D eigenvalue weighted by Crippen LogP contribution is -2.36. The first kappa shape index (κ1) is 12.6. The third kappa shape index (κ3) is 2.03. The molecular formula is C14H17N5O2. The quantitative estimate of drug-likeness (QED) is 0.884. The third-order valence-corrected chi connectivity index (χ3v) is 4.53. The molecule has 0 saturated carbocycles. The number of aryl methyl sites for hydroxylation is 2. The zero-order valence-corrected chi connectivity index (χ0v) is 11.7. The maximum absolute atomic E-state index is 11.0.